The van der Waals surface area contributed by atoms with E-state index in [1.54, 1.807) is 18.2 Å². The van der Waals surface area contributed by atoms with Gasteiger partial charge in [0.15, 0.2) is 0 Å². The summed E-state index contributed by atoms with van der Waals surface area (Å²) in [5.41, 5.74) is 7.12. The van der Waals surface area contributed by atoms with Gasteiger partial charge in [-0.2, -0.15) is 0 Å². The molecule has 0 fully saturated rings. The second-order valence-corrected chi connectivity index (χ2v) is 4.61. The van der Waals surface area contributed by atoms with Crippen molar-refractivity contribution in [3.05, 3.63) is 59.2 Å². The van der Waals surface area contributed by atoms with Gasteiger partial charge in [0, 0.05) is 5.56 Å². The summed E-state index contributed by atoms with van der Waals surface area (Å²) in [4.78, 5) is 0.118. The number of nitrogens with one attached hydrogen (secondary N) is 1. The summed E-state index contributed by atoms with van der Waals surface area (Å²) in [5, 5.41) is 2.71. The Bertz CT molecular complexity index is 641. The molecule has 0 spiro atoms. The fourth-order valence-corrected chi connectivity index (χ4v) is 1.78. The molecular formula is C14H12F2N2S. The van der Waals surface area contributed by atoms with Gasteiger partial charge in [0.2, 0.25) is 0 Å². The molecule has 0 amide bonds. The summed E-state index contributed by atoms with van der Waals surface area (Å²) in [7, 11) is 0. The van der Waals surface area contributed by atoms with Gasteiger partial charge in [-0.05, 0) is 42.8 Å². The molecule has 3 N–H and O–H groups in total. The fraction of sp³-hybridized carbons (Fsp3) is 0.0714. The van der Waals surface area contributed by atoms with E-state index in [-0.39, 0.29) is 16.4 Å². The molecule has 5 heteroatoms. The molecular weight excluding hydrogens is 266 g/mol. The molecule has 2 nitrogen and oxygen atoms in total. The lowest BCUT2D eigenvalue weighted by molar-refractivity contribution is 0.625. The zero-order valence-corrected chi connectivity index (χ0v) is 11.0. The average Bonchev–Trinajstić information content (AvgIpc) is 2.36. The van der Waals surface area contributed by atoms with E-state index in [0.717, 1.165) is 5.56 Å². The van der Waals surface area contributed by atoms with E-state index in [1.165, 1.54) is 18.2 Å². The highest BCUT2D eigenvalue weighted by Gasteiger charge is 2.08. The first-order valence-electron chi connectivity index (χ1n) is 5.60. The number of aryl methyl sites for hydroxylation is 1. The van der Waals surface area contributed by atoms with Crippen molar-refractivity contribution in [2.24, 2.45) is 5.73 Å². The van der Waals surface area contributed by atoms with Crippen LogP contribution in [0.1, 0.15) is 11.1 Å². The van der Waals surface area contributed by atoms with E-state index in [0.29, 0.717) is 5.56 Å². The van der Waals surface area contributed by atoms with Crippen molar-refractivity contribution < 1.29 is 8.78 Å². The van der Waals surface area contributed by atoms with Crippen LogP contribution in [0.25, 0.3) is 0 Å². The molecule has 0 atom stereocenters. The summed E-state index contributed by atoms with van der Waals surface area (Å²) < 4.78 is 27.4. The molecule has 2 aromatic carbocycles. The fourth-order valence-electron chi connectivity index (χ4n) is 1.65. The largest absolute Gasteiger partial charge is 0.389 e. The van der Waals surface area contributed by atoms with Gasteiger partial charge in [0.05, 0.1) is 11.4 Å². The maximum absolute atomic E-state index is 13.8. The number of nitrogens with two attached hydrogens (primary N) is 1. The smallest absolute Gasteiger partial charge is 0.147 e. The maximum Gasteiger partial charge on any atom is 0.147 e. The molecule has 19 heavy (non-hydrogen) atoms. The SMILES string of the molecule is Cc1ccc(F)c(Nc2ccc(C(N)=S)cc2F)c1. The molecule has 0 radical (unpaired) electrons. The van der Waals surface area contributed by atoms with Gasteiger partial charge in [0.25, 0.3) is 0 Å². The van der Waals surface area contributed by atoms with Gasteiger partial charge in [-0.1, -0.05) is 18.3 Å². The lowest BCUT2D eigenvalue weighted by atomic mass is 10.1. The van der Waals surface area contributed by atoms with Crippen LogP contribution in [0.4, 0.5) is 20.2 Å². The van der Waals surface area contributed by atoms with Crippen LogP contribution >= 0.6 is 12.2 Å². The Hall–Kier alpha value is -2.01. The van der Waals surface area contributed by atoms with Crippen LogP contribution in [0, 0.1) is 18.6 Å². The number of benzene rings is 2. The second kappa shape index (κ2) is 5.32. The summed E-state index contributed by atoms with van der Waals surface area (Å²) >= 11 is 4.76. The van der Waals surface area contributed by atoms with Gasteiger partial charge in [-0.3, -0.25) is 0 Å². The first kappa shape index (κ1) is 13.4. The highest BCUT2D eigenvalue weighted by molar-refractivity contribution is 7.80. The monoisotopic (exact) mass is 278 g/mol. The van der Waals surface area contributed by atoms with Crippen molar-refractivity contribution in [2.45, 2.75) is 6.92 Å². The molecule has 0 unspecified atom stereocenters. The second-order valence-electron chi connectivity index (χ2n) is 4.17. The normalized spacial score (nSPS) is 10.3. The zero-order chi connectivity index (χ0) is 14.0. The molecule has 2 aromatic rings. The molecule has 0 saturated carbocycles. The third-order valence-corrected chi connectivity index (χ3v) is 2.88. The molecule has 2 rings (SSSR count). The van der Waals surface area contributed by atoms with Crippen LogP contribution in [0.5, 0.6) is 0 Å². The highest BCUT2D eigenvalue weighted by Crippen LogP contribution is 2.24. The van der Waals surface area contributed by atoms with Gasteiger partial charge in [-0.15, -0.1) is 0 Å². The Morgan fingerprint density at radius 2 is 1.79 bits per heavy atom. The molecule has 0 aliphatic heterocycles. The number of anilines is 2. The lowest BCUT2D eigenvalue weighted by Gasteiger charge is -2.10. The molecule has 0 saturated heterocycles. The van der Waals surface area contributed by atoms with Crippen LogP contribution in [-0.4, -0.2) is 4.99 Å². The summed E-state index contributed by atoms with van der Waals surface area (Å²) in [5.74, 6) is -0.977. The third-order valence-electron chi connectivity index (χ3n) is 2.64. The van der Waals surface area contributed by atoms with Crippen LogP contribution in [-0.2, 0) is 0 Å². The van der Waals surface area contributed by atoms with Crippen molar-refractivity contribution in [3.8, 4) is 0 Å². The van der Waals surface area contributed by atoms with Gasteiger partial charge in [0.1, 0.15) is 16.6 Å². The molecule has 0 aromatic heterocycles. The van der Waals surface area contributed by atoms with Crippen molar-refractivity contribution in [1.29, 1.82) is 0 Å². The molecule has 0 heterocycles. The summed E-state index contributed by atoms with van der Waals surface area (Å²) in [6.07, 6.45) is 0. The molecule has 98 valence electrons. The third kappa shape index (κ3) is 3.06. The van der Waals surface area contributed by atoms with Gasteiger partial charge in [-0.25, -0.2) is 8.78 Å². The van der Waals surface area contributed by atoms with Crippen LogP contribution in [0.2, 0.25) is 0 Å². The van der Waals surface area contributed by atoms with E-state index in [2.05, 4.69) is 5.32 Å². The summed E-state index contributed by atoms with van der Waals surface area (Å²) in [6.45, 7) is 1.83. The Kier molecular flexibility index (Phi) is 3.76. The topological polar surface area (TPSA) is 38.0 Å². The van der Waals surface area contributed by atoms with Crippen molar-refractivity contribution in [1.82, 2.24) is 0 Å². The van der Waals surface area contributed by atoms with Crippen LogP contribution in [0.15, 0.2) is 36.4 Å². The number of rotatable bonds is 3. The number of halogens is 2. The van der Waals surface area contributed by atoms with Crippen molar-refractivity contribution in [2.75, 3.05) is 5.32 Å². The van der Waals surface area contributed by atoms with Gasteiger partial charge < -0.3 is 11.1 Å². The quantitative estimate of drug-likeness (QED) is 0.842. The van der Waals surface area contributed by atoms with E-state index in [4.69, 9.17) is 18.0 Å². The first-order valence-corrected chi connectivity index (χ1v) is 6.01. The predicted octanol–water partition coefficient (Wildman–Crippen LogP) is 3.65. The Labute approximate surface area is 115 Å². The van der Waals surface area contributed by atoms with E-state index >= 15 is 0 Å². The number of hydrogen-bond donors (Lipinski definition) is 2. The van der Waals surface area contributed by atoms with E-state index < -0.39 is 11.6 Å². The molecule has 0 aliphatic rings. The molecule has 0 bridgehead atoms. The van der Waals surface area contributed by atoms with E-state index in [1.807, 2.05) is 6.92 Å². The maximum atomic E-state index is 13.8. The Morgan fingerprint density at radius 1 is 1.05 bits per heavy atom. The standard InChI is InChI=1S/C14H12F2N2S/c1-8-2-4-10(15)13(6-8)18-12-5-3-9(14(17)19)7-11(12)16/h2-7,18H,1H3,(H2,17,19). The number of thiocarbonyl (C=S) groups is 1. The van der Waals surface area contributed by atoms with Gasteiger partial charge >= 0.3 is 0 Å². The molecule has 0 aliphatic carbocycles. The Balaban J connectivity index is 2.33. The number of hydrogen-bond acceptors (Lipinski definition) is 2. The minimum absolute atomic E-state index is 0.118. The minimum Gasteiger partial charge on any atom is -0.389 e. The van der Waals surface area contributed by atoms with Crippen molar-refractivity contribution in [3.63, 3.8) is 0 Å². The predicted molar refractivity (Wildman–Crippen MR) is 76.7 cm³/mol. The zero-order valence-electron chi connectivity index (χ0n) is 10.2. The lowest BCUT2D eigenvalue weighted by Crippen LogP contribution is -2.10. The highest BCUT2D eigenvalue weighted by atomic mass is 32.1. The van der Waals surface area contributed by atoms with Crippen molar-refractivity contribution >= 4 is 28.6 Å². The average molecular weight is 278 g/mol. The Morgan fingerprint density at radius 3 is 2.42 bits per heavy atom. The van der Waals surface area contributed by atoms with E-state index in [9.17, 15) is 8.78 Å². The van der Waals surface area contributed by atoms with Crippen LogP contribution < -0.4 is 11.1 Å². The van der Waals surface area contributed by atoms with Crippen LogP contribution in [0.3, 0.4) is 0 Å². The first-order chi connectivity index (χ1) is 8.97. The minimum atomic E-state index is -0.536. The summed E-state index contributed by atoms with van der Waals surface area (Å²) in [6, 6.07) is 8.87.